The Morgan fingerprint density at radius 1 is 0.893 bits per heavy atom. The zero-order valence-corrected chi connectivity index (χ0v) is 15.8. The molecule has 0 aliphatic heterocycles. The quantitative estimate of drug-likeness (QED) is 0.462. The van der Waals surface area contributed by atoms with Gasteiger partial charge in [0.15, 0.2) is 0 Å². The van der Waals surface area contributed by atoms with Gasteiger partial charge in [0.1, 0.15) is 24.7 Å². The molecule has 0 atom stereocenters. The summed E-state index contributed by atoms with van der Waals surface area (Å²) in [4.78, 5) is 21.0. The number of aromatic nitrogens is 2. The molecule has 3 aromatic rings. The predicted molar refractivity (Wildman–Crippen MR) is 106 cm³/mol. The van der Waals surface area contributed by atoms with E-state index in [-0.39, 0.29) is 5.91 Å². The van der Waals surface area contributed by atoms with E-state index in [1.807, 2.05) is 56.3 Å². The van der Waals surface area contributed by atoms with Gasteiger partial charge in [0.25, 0.3) is 5.91 Å². The molecule has 2 N–H and O–H groups in total. The minimum Gasteiger partial charge on any atom is -0.490 e. The number of para-hydroxylation sites is 2. The number of nitrogens with one attached hydrogen (secondary N) is 2. The van der Waals surface area contributed by atoms with Crippen molar-refractivity contribution in [1.29, 1.82) is 0 Å². The van der Waals surface area contributed by atoms with Crippen molar-refractivity contribution >= 4 is 11.9 Å². The van der Waals surface area contributed by atoms with Crippen molar-refractivity contribution in [3.8, 4) is 11.5 Å². The smallest absolute Gasteiger partial charge is 0.273 e. The summed E-state index contributed by atoms with van der Waals surface area (Å²) in [5.74, 6) is 1.23. The summed E-state index contributed by atoms with van der Waals surface area (Å²) in [7, 11) is 0. The van der Waals surface area contributed by atoms with E-state index in [1.165, 1.54) is 0 Å². The SMILES string of the molecule is Cc1cc(C)nc(NNC(=O)c2ccccc2OCCOc2ccccc2)n1. The van der Waals surface area contributed by atoms with Gasteiger partial charge >= 0.3 is 0 Å². The van der Waals surface area contributed by atoms with Crippen LogP contribution in [0.3, 0.4) is 0 Å². The van der Waals surface area contributed by atoms with Crippen molar-refractivity contribution in [2.45, 2.75) is 13.8 Å². The van der Waals surface area contributed by atoms with E-state index in [2.05, 4.69) is 20.8 Å². The molecule has 0 saturated heterocycles. The number of ether oxygens (including phenoxy) is 2. The first kappa shape index (κ1) is 19.2. The molecule has 0 aliphatic carbocycles. The number of carbonyl (C=O) groups is 1. The van der Waals surface area contributed by atoms with Crippen LogP contribution in [0.1, 0.15) is 21.7 Å². The molecule has 0 bridgehead atoms. The third kappa shape index (κ3) is 5.44. The fraction of sp³-hybridized carbons (Fsp3) is 0.190. The summed E-state index contributed by atoms with van der Waals surface area (Å²) in [6, 6.07) is 18.4. The molecule has 0 fully saturated rings. The van der Waals surface area contributed by atoms with Crippen LogP contribution in [0.25, 0.3) is 0 Å². The highest BCUT2D eigenvalue weighted by Gasteiger charge is 2.12. The summed E-state index contributed by atoms with van der Waals surface area (Å²) in [5, 5.41) is 0. The summed E-state index contributed by atoms with van der Waals surface area (Å²) in [5.41, 5.74) is 7.36. The van der Waals surface area contributed by atoms with Gasteiger partial charge in [-0.1, -0.05) is 30.3 Å². The molecule has 1 aromatic heterocycles. The van der Waals surface area contributed by atoms with Crippen LogP contribution in [0.15, 0.2) is 60.7 Å². The van der Waals surface area contributed by atoms with Crippen molar-refractivity contribution in [3.63, 3.8) is 0 Å². The number of carbonyl (C=O) groups excluding carboxylic acids is 1. The lowest BCUT2D eigenvalue weighted by Gasteiger charge is -2.13. The Morgan fingerprint density at radius 2 is 1.54 bits per heavy atom. The van der Waals surface area contributed by atoms with Crippen molar-refractivity contribution < 1.29 is 14.3 Å². The molecule has 0 unspecified atom stereocenters. The van der Waals surface area contributed by atoms with Gasteiger partial charge in [-0.25, -0.2) is 9.97 Å². The number of hydrogen-bond acceptors (Lipinski definition) is 6. The molecule has 3 rings (SSSR count). The van der Waals surface area contributed by atoms with E-state index in [1.54, 1.807) is 18.2 Å². The Kier molecular flexibility index (Phi) is 6.41. The molecule has 1 heterocycles. The number of amides is 1. The maximum atomic E-state index is 12.5. The Hall–Kier alpha value is -3.61. The molecular formula is C21H22N4O3. The van der Waals surface area contributed by atoms with Gasteiger partial charge in [-0.05, 0) is 44.2 Å². The van der Waals surface area contributed by atoms with E-state index >= 15 is 0 Å². The van der Waals surface area contributed by atoms with Crippen LogP contribution in [0.5, 0.6) is 11.5 Å². The molecule has 0 radical (unpaired) electrons. The summed E-state index contributed by atoms with van der Waals surface area (Å²) < 4.78 is 11.3. The van der Waals surface area contributed by atoms with Crippen LogP contribution in [-0.2, 0) is 0 Å². The number of rotatable bonds is 8. The second kappa shape index (κ2) is 9.36. The molecule has 28 heavy (non-hydrogen) atoms. The molecule has 0 spiro atoms. The van der Waals surface area contributed by atoms with Gasteiger partial charge in [-0.2, -0.15) is 0 Å². The van der Waals surface area contributed by atoms with Crippen molar-refractivity contribution in [2.75, 3.05) is 18.6 Å². The highest BCUT2D eigenvalue weighted by Crippen LogP contribution is 2.18. The predicted octanol–water partition coefficient (Wildman–Crippen LogP) is 3.31. The minimum absolute atomic E-state index is 0.312. The maximum absolute atomic E-state index is 12.5. The Morgan fingerprint density at radius 3 is 2.29 bits per heavy atom. The normalized spacial score (nSPS) is 10.2. The largest absolute Gasteiger partial charge is 0.490 e. The summed E-state index contributed by atoms with van der Waals surface area (Å²) in [6.45, 7) is 4.41. The summed E-state index contributed by atoms with van der Waals surface area (Å²) in [6.07, 6.45) is 0. The molecule has 2 aromatic carbocycles. The highest BCUT2D eigenvalue weighted by atomic mass is 16.5. The van der Waals surface area contributed by atoms with Crippen LogP contribution in [0.4, 0.5) is 5.95 Å². The van der Waals surface area contributed by atoms with Gasteiger partial charge < -0.3 is 9.47 Å². The fourth-order valence-corrected chi connectivity index (χ4v) is 2.57. The van der Waals surface area contributed by atoms with E-state index in [9.17, 15) is 4.79 Å². The zero-order valence-electron chi connectivity index (χ0n) is 15.8. The molecule has 7 nitrogen and oxygen atoms in total. The van der Waals surface area contributed by atoms with Crippen molar-refractivity contribution in [3.05, 3.63) is 77.6 Å². The number of anilines is 1. The second-order valence-electron chi connectivity index (χ2n) is 6.06. The molecule has 0 aliphatic rings. The van der Waals surface area contributed by atoms with E-state index in [0.717, 1.165) is 17.1 Å². The maximum Gasteiger partial charge on any atom is 0.273 e. The van der Waals surface area contributed by atoms with E-state index in [0.29, 0.717) is 30.5 Å². The zero-order chi connectivity index (χ0) is 19.8. The minimum atomic E-state index is -0.345. The number of hydrogen-bond donors (Lipinski definition) is 2. The standard InChI is InChI=1S/C21H22N4O3/c1-15-14-16(2)23-21(22-15)25-24-20(26)18-10-6-7-11-19(18)28-13-12-27-17-8-4-3-5-9-17/h3-11,14H,12-13H2,1-2H3,(H,24,26)(H,22,23,25). The molecule has 0 saturated carbocycles. The Balaban J connectivity index is 1.55. The third-order valence-corrected chi connectivity index (χ3v) is 3.75. The van der Waals surface area contributed by atoms with Crippen LogP contribution in [-0.4, -0.2) is 29.1 Å². The van der Waals surface area contributed by atoms with Crippen molar-refractivity contribution in [2.24, 2.45) is 0 Å². The van der Waals surface area contributed by atoms with Gasteiger partial charge in [-0.15, -0.1) is 0 Å². The van der Waals surface area contributed by atoms with Crippen LogP contribution >= 0.6 is 0 Å². The van der Waals surface area contributed by atoms with E-state index in [4.69, 9.17) is 9.47 Å². The van der Waals surface area contributed by atoms with Gasteiger partial charge in [0.05, 0.1) is 5.56 Å². The number of hydrazine groups is 1. The van der Waals surface area contributed by atoms with Gasteiger partial charge in [0, 0.05) is 11.4 Å². The number of nitrogens with zero attached hydrogens (tertiary/aromatic N) is 2. The first-order valence-corrected chi connectivity index (χ1v) is 8.90. The Labute approximate surface area is 163 Å². The van der Waals surface area contributed by atoms with Crippen LogP contribution in [0.2, 0.25) is 0 Å². The highest BCUT2D eigenvalue weighted by molar-refractivity contribution is 5.97. The van der Waals surface area contributed by atoms with E-state index < -0.39 is 0 Å². The third-order valence-electron chi connectivity index (χ3n) is 3.75. The second-order valence-corrected chi connectivity index (χ2v) is 6.06. The van der Waals surface area contributed by atoms with Crippen LogP contribution in [0, 0.1) is 13.8 Å². The first-order valence-electron chi connectivity index (χ1n) is 8.90. The van der Waals surface area contributed by atoms with Gasteiger partial charge in [0.2, 0.25) is 5.95 Å². The average Bonchev–Trinajstić information content (AvgIpc) is 2.70. The lowest BCUT2D eigenvalue weighted by atomic mass is 10.2. The average molecular weight is 378 g/mol. The fourth-order valence-electron chi connectivity index (χ4n) is 2.57. The number of aryl methyl sites for hydroxylation is 2. The molecule has 1 amide bonds. The molecule has 144 valence electrons. The number of benzene rings is 2. The molecular weight excluding hydrogens is 356 g/mol. The lowest BCUT2D eigenvalue weighted by Crippen LogP contribution is -2.31. The van der Waals surface area contributed by atoms with Crippen LogP contribution < -0.4 is 20.3 Å². The lowest BCUT2D eigenvalue weighted by molar-refractivity contribution is 0.0957. The first-order chi connectivity index (χ1) is 13.6. The van der Waals surface area contributed by atoms with Crippen molar-refractivity contribution in [1.82, 2.24) is 15.4 Å². The molecule has 7 heteroatoms. The van der Waals surface area contributed by atoms with Gasteiger partial charge in [-0.3, -0.25) is 15.6 Å². The monoisotopic (exact) mass is 378 g/mol. The topological polar surface area (TPSA) is 85.4 Å². The Bertz CT molecular complexity index is 912. The summed E-state index contributed by atoms with van der Waals surface area (Å²) >= 11 is 0.